The number of methoxy groups -OCH3 is 2. The lowest BCUT2D eigenvalue weighted by atomic mass is 10.0. The predicted molar refractivity (Wildman–Crippen MR) is 101 cm³/mol. The van der Waals surface area contributed by atoms with Gasteiger partial charge in [-0.15, -0.1) is 0 Å². The summed E-state index contributed by atoms with van der Waals surface area (Å²) < 4.78 is 10.6. The molecule has 1 amide bonds. The molecule has 0 radical (unpaired) electrons. The Balaban J connectivity index is 1.90. The molecule has 3 N–H and O–H groups in total. The molecule has 0 fully saturated rings. The molecule has 27 heavy (non-hydrogen) atoms. The van der Waals surface area contributed by atoms with Gasteiger partial charge in [0.25, 0.3) is 5.91 Å². The summed E-state index contributed by atoms with van der Waals surface area (Å²) in [5.74, 6) is 0.847. The molecular weight excluding hydrogens is 346 g/mol. The molecule has 0 unspecified atom stereocenters. The van der Waals surface area contributed by atoms with Gasteiger partial charge in [-0.2, -0.15) is 5.10 Å². The van der Waals surface area contributed by atoms with Crippen LogP contribution in [0.25, 0.3) is 11.3 Å². The van der Waals surface area contributed by atoms with Crippen molar-refractivity contribution in [3.8, 4) is 22.8 Å². The van der Waals surface area contributed by atoms with Gasteiger partial charge in [-0.3, -0.25) is 9.89 Å². The maximum absolute atomic E-state index is 12.8. The van der Waals surface area contributed by atoms with Crippen molar-refractivity contribution in [3.63, 3.8) is 0 Å². The Hall–Kier alpha value is -3.32. The molecule has 3 aromatic rings. The summed E-state index contributed by atoms with van der Waals surface area (Å²) in [6, 6.07) is 14.1. The van der Waals surface area contributed by atoms with Crippen LogP contribution in [0, 0.1) is 0 Å². The molecule has 1 atom stereocenters. The molecule has 1 heterocycles. The van der Waals surface area contributed by atoms with Gasteiger partial charge in [-0.25, -0.2) is 0 Å². The number of aliphatic hydroxyl groups is 1. The smallest absolute Gasteiger partial charge is 0.255 e. The highest BCUT2D eigenvalue weighted by atomic mass is 16.5. The second-order valence-electron chi connectivity index (χ2n) is 5.84. The minimum absolute atomic E-state index is 0.213. The Labute approximate surface area is 157 Å². The summed E-state index contributed by atoms with van der Waals surface area (Å²) in [5.41, 5.74) is 2.38. The lowest BCUT2D eigenvalue weighted by molar-refractivity contribution is 0.0917. The largest absolute Gasteiger partial charge is 0.497 e. The fourth-order valence-corrected chi connectivity index (χ4v) is 2.82. The van der Waals surface area contributed by atoms with Gasteiger partial charge in [0.2, 0.25) is 0 Å². The molecule has 0 aliphatic heterocycles. The van der Waals surface area contributed by atoms with Gasteiger partial charge in [-0.05, 0) is 17.7 Å². The lowest BCUT2D eigenvalue weighted by Crippen LogP contribution is -2.30. The minimum atomic E-state index is -0.515. The van der Waals surface area contributed by atoms with Gasteiger partial charge < -0.3 is 19.9 Å². The second-order valence-corrected chi connectivity index (χ2v) is 5.84. The Bertz CT molecular complexity index is 909. The summed E-state index contributed by atoms with van der Waals surface area (Å²) in [6.45, 7) is -0.213. The zero-order valence-corrected chi connectivity index (χ0v) is 15.1. The third-order valence-corrected chi connectivity index (χ3v) is 4.25. The number of carbonyl (C=O) groups is 1. The normalized spacial score (nSPS) is 11.7. The van der Waals surface area contributed by atoms with Crippen molar-refractivity contribution in [2.45, 2.75) is 6.04 Å². The number of benzene rings is 2. The predicted octanol–water partition coefficient (Wildman–Crippen LogP) is 2.56. The van der Waals surface area contributed by atoms with E-state index in [0.29, 0.717) is 28.3 Å². The summed E-state index contributed by atoms with van der Waals surface area (Å²) in [5, 5.41) is 19.4. The van der Waals surface area contributed by atoms with Gasteiger partial charge in [0.05, 0.1) is 44.3 Å². The van der Waals surface area contributed by atoms with Gasteiger partial charge in [0.15, 0.2) is 0 Å². The average Bonchev–Trinajstić information content (AvgIpc) is 3.21. The Morgan fingerprint density at radius 2 is 1.96 bits per heavy atom. The molecule has 0 spiro atoms. The molecule has 2 aromatic carbocycles. The van der Waals surface area contributed by atoms with Crippen LogP contribution < -0.4 is 14.8 Å². The van der Waals surface area contributed by atoms with E-state index >= 15 is 0 Å². The number of hydrogen-bond acceptors (Lipinski definition) is 5. The molecule has 0 saturated heterocycles. The van der Waals surface area contributed by atoms with Crippen LogP contribution in [0.2, 0.25) is 0 Å². The molecule has 140 valence electrons. The van der Waals surface area contributed by atoms with Crippen LogP contribution in [0.4, 0.5) is 0 Å². The average molecular weight is 367 g/mol. The number of aromatic amines is 1. The Morgan fingerprint density at radius 1 is 1.19 bits per heavy atom. The molecule has 0 aliphatic rings. The van der Waals surface area contributed by atoms with Gasteiger partial charge >= 0.3 is 0 Å². The number of H-pyrrole nitrogens is 1. The maximum atomic E-state index is 12.8. The third-order valence-electron chi connectivity index (χ3n) is 4.25. The Morgan fingerprint density at radius 3 is 2.63 bits per heavy atom. The molecule has 3 rings (SSSR count). The van der Waals surface area contributed by atoms with E-state index in [0.717, 1.165) is 5.56 Å². The summed E-state index contributed by atoms with van der Waals surface area (Å²) >= 11 is 0. The number of amides is 1. The number of aliphatic hydroxyl groups excluding tert-OH is 1. The number of rotatable bonds is 7. The highest BCUT2D eigenvalue weighted by molar-refractivity contribution is 6.00. The Kier molecular flexibility index (Phi) is 5.73. The van der Waals surface area contributed by atoms with Crippen LogP contribution in [0.1, 0.15) is 22.0 Å². The highest BCUT2D eigenvalue weighted by Crippen LogP contribution is 2.34. The first-order chi connectivity index (χ1) is 13.2. The van der Waals surface area contributed by atoms with Crippen LogP contribution in [0.5, 0.6) is 11.5 Å². The first kappa shape index (κ1) is 18.5. The summed E-state index contributed by atoms with van der Waals surface area (Å²) in [6.07, 6.45) is 1.45. The van der Waals surface area contributed by atoms with E-state index in [-0.39, 0.29) is 12.5 Å². The number of hydrogen-bond donors (Lipinski definition) is 3. The van der Waals surface area contributed by atoms with E-state index in [9.17, 15) is 9.90 Å². The minimum Gasteiger partial charge on any atom is -0.497 e. The van der Waals surface area contributed by atoms with Crippen molar-refractivity contribution in [2.24, 2.45) is 0 Å². The molecule has 0 saturated carbocycles. The number of nitrogens with one attached hydrogen (secondary N) is 2. The highest BCUT2D eigenvalue weighted by Gasteiger charge is 2.21. The van der Waals surface area contributed by atoms with E-state index in [1.807, 2.05) is 30.3 Å². The van der Waals surface area contributed by atoms with E-state index in [1.165, 1.54) is 6.20 Å². The lowest BCUT2D eigenvalue weighted by Gasteiger charge is -2.17. The first-order valence-electron chi connectivity index (χ1n) is 8.40. The zero-order valence-electron chi connectivity index (χ0n) is 15.1. The van der Waals surface area contributed by atoms with Crippen molar-refractivity contribution < 1.29 is 19.4 Å². The number of aromatic nitrogens is 2. The SMILES string of the molecule is COc1ccc(-c2[nH]ncc2C(=O)N[C@H](CO)c2ccccc2)c(OC)c1. The third kappa shape index (κ3) is 3.93. The van der Waals surface area contributed by atoms with Crippen molar-refractivity contribution in [1.29, 1.82) is 0 Å². The van der Waals surface area contributed by atoms with Crippen molar-refractivity contribution in [3.05, 3.63) is 65.9 Å². The molecule has 1 aromatic heterocycles. The molecule has 7 heteroatoms. The van der Waals surface area contributed by atoms with Gasteiger partial charge in [0, 0.05) is 11.6 Å². The van der Waals surface area contributed by atoms with Crippen molar-refractivity contribution in [2.75, 3.05) is 20.8 Å². The maximum Gasteiger partial charge on any atom is 0.255 e. The van der Waals surface area contributed by atoms with E-state index in [4.69, 9.17) is 9.47 Å². The molecule has 0 bridgehead atoms. The van der Waals surface area contributed by atoms with Crippen molar-refractivity contribution >= 4 is 5.91 Å². The van der Waals surface area contributed by atoms with E-state index in [1.54, 1.807) is 32.4 Å². The van der Waals surface area contributed by atoms with Crippen LogP contribution in [0.15, 0.2) is 54.7 Å². The monoisotopic (exact) mass is 367 g/mol. The van der Waals surface area contributed by atoms with Crippen LogP contribution >= 0.6 is 0 Å². The van der Waals surface area contributed by atoms with Crippen LogP contribution in [0.3, 0.4) is 0 Å². The molecule has 0 aliphatic carbocycles. The topological polar surface area (TPSA) is 96.5 Å². The fourth-order valence-electron chi connectivity index (χ4n) is 2.82. The number of nitrogens with zero attached hydrogens (tertiary/aromatic N) is 1. The first-order valence-corrected chi connectivity index (χ1v) is 8.40. The number of carbonyl (C=O) groups excluding carboxylic acids is 1. The molecule has 7 nitrogen and oxygen atoms in total. The number of ether oxygens (including phenoxy) is 2. The standard InChI is InChI=1S/C20H21N3O4/c1-26-14-8-9-15(18(10-14)27-2)19-16(11-21-23-19)20(25)22-17(12-24)13-6-4-3-5-7-13/h3-11,17,24H,12H2,1-2H3,(H,21,23)(H,22,25)/t17-/m1/s1. The summed E-state index contributed by atoms with van der Waals surface area (Å²) in [7, 11) is 3.12. The van der Waals surface area contributed by atoms with Crippen molar-refractivity contribution in [1.82, 2.24) is 15.5 Å². The van der Waals surface area contributed by atoms with E-state index < -0.39 is 6.04 Å². The van der Waals surface area contributed by atoms with E-state index in [2.05, 4.69) is 15.5 Å². The van der Waals surface area contributed by atoms with Crippen LogP contribution in [-0.4, -0.2) is 42.0 Å². The zero-order chi connectivity index (χ0) is 19.2. The van der Waals surface area contributed by atoms with Gasteiger partial charge in [-0.1, -0.05) is 30.3 Å². The van der Waals surface area contributed by atoms with Gasteiger partial charge in [0.1, 0.15) is 11.5 Å². The summed E-state index contributed by atoms with van der Waals surface area (Å²) in [4.78, 5) is 12.8. The fraction of sp³-hybridized carbons (Fsp3) is 0.200. The quantitative estimate of drug-likeness (QED) is 0.596. The second kappa shape index (κ2) is 8.37. The molecular formula is C20H21N3O4. The van der Waals surface area contributed by atoms with Crippen LogP contribution in [-0.2, 0) is 0 Å².